The van der Waals surface area contributed by atoms with Crippen LogP contribution in [0, 0.1) is 11.3 Å². The summed E-state index contributed by atoms with van der Waals surface area (Å²) in [5.74, 6) is -1.60. The van der Waals surface area contributed by atoms with E-state index >= 15 is 0 Å². The Kier molecular flexibility index (Phi) is 6.08. The largest absolute Gasteiger partial charge is 0.480 e. The third-order valence-electron chi connectivity index (χ3n) is 3.26. The second-order valence-corrected chi connectivity index (χ2v) is 4.62. The summed E-state index contributed by atoms with van der Waals surface area (Å²) in [6.45, 7) is 5.53. The van der Waals surface area contributed by atoms with Crippen LogP contribution >= 0.6 is 0 Å². The van der Waals surface area contributed by atoms with Crippen molar-refractivity contribution >= 4 is 11.9 Å². The van der Waals surface area contributed by atoms with Gasteiger partial charge in [0.25, 0.3) is 0 Å². The number of hydrogen-bond acceptors (Lipinski definition) is 2. The number of rotatable bonds is 8. The zero-order valence-electron chi connectivity index (χ0n) is 10.5. The van der Waals surface area contributed by atoms with E-state index in [1.165, 1.54) is 6.92 Å². The Bertz CT molecular complexity index is 237. The Morgan fingerprint density at radius 2 is 1.94 bits per heavy atom. The van der Waals surface area contributed by atoms with Gasteiger partial charge < -0.3 is 10.8 Å². The molecule has 0 radical (unpaired) electrons. The predicted molar refractivity (Wildman–Crippen MR) is 62.9 cm³/mol. The van der Waals surface area contributed by atoms with E-state index in [0.717, 1.165) is 25.7 Å². The molecule has 0 saturated heterocycles. The molecule has 0 heterocycles. The molecule has 0 aliphatic heterocycles. The molecule has 0 aromatic carbocycles. The van der Waals surface area contributed by atoms with Crippen molar-refractivity contribution in [3.8, 4) is 0 Å². The first-order valence-electron chi connectivity index (χ1n) is 5.91. The van der Waals surface area contributed by atoms with Crippen LogP contribution in [0.4, 0.5) is 0 Å². The van der Waals surface area contributed by atoms with Crippen LogP contribution in [-0.4, -0.2) is 17.0 Å². The minimum absolute atomic E-state index is 0.258. The van der Waals surface area contributed by atoms with Crippen molar-refractivity contribution in [3.05, 3.63) is 0 Å². The van der Waals surface area contributed by atoms with Crippen LogP contribution in [0.15, 0.2) is 0 Å². The smallest absolute Gasteiger partial charge is 0.318 e. The van der Waals surface area contributed by atoms with Gasteiger partial charge in [-0.05, 0) is 19.3 Å². The Morgan fingerprint density at radius 3 is 2.25 bits per heavy atom. The van der Waals surface area contributed by atoms with Gasteiger partial charge in [-0.2, -0.15) is 0 Å². The summed E-state index contributed by atoms with van der Waals surface area (Å²) >= 11 is 0. The van der Waals surface area contributed by atoms with Gasteiger partial charge in [-0.3, -0.25) is 9.59 Å². The maximum atomic E-state index is 11.2. The number of carbonyl (C=O) groups excluding carboxylic acids is 1. The van der Waals surface area contributed by atoms with Crippen molar-refractivity contribution in [3.63, 3.8) is 0 Å². The molecule has 1 amide bonds. The molecular weight excluding hydrogens is 206 g/mol. The maximum absolute atomic E-state index is 11.2. The Balaban J connectivity index is 4.60. The molecule has 3 N–H and O–H groups in total. The molecule has 94 valence electrons. The first kappa shape index (κ1) is 14.9. The SMILES string of the molecule is CCCCC(CC)CC(C)(C(N)=O)C(=O)O. The highest BCUT2D eigenvalue weighted by molar-refractivity contribution is 6.00. The van der Waals surface area contributed by atoms with Gasteiger partial charge in [-0.15, -0.1) is 0 Å². The number of nitrogens with two attached hydrogens (primary N) is 1. The van der Waals surface area contributed by atoms with Crippen LogP contribution in [-0.2, 0) is 9.59 Å². The first-order valence-corrected chi connectivity index (χ1v) is 5.91. The van der Waals surface area contributed by atoms with Crippen molar-refractivity contribution in [1.29, 1.82) is 0 Å². The van der Waals surface area contributed by atoms with Gasteiger partial charge in [0.1, 0.15) is 5.41 Å². The second kappa shape index (κ2) is 6.51. The first-order chi connectivity index (χ1) is 7.38. The number of carboxylic acids is 1. The number of unbranched alkanes of at least 4 members (excludes halogenated alkanes) is 1. The summed E-state index contributed by atoms with van der Waals surface area (Å²) in [7, 11) is 0. The van der Waals surface area contributed by atoms with Crippen LogP contribution in [0.3, 0.4) is 0 Å². The van der Waals surface area contributed by atoms with Crippen LogP contribution in [0.25, 0.3) is 0 Å². The average Bonchev–Trinajstić information content (AvgIpc) is 2.23. The Labute approximate surface area is 97.2 Å². The molecule has 4 heteroatoms. The van der Waals surface area contributed by atoms with Crippen LogP contribution in [0.1, 0.15) is 52.9 Å². The third kappa shape index (κ3) is 3.83. The lowest BCUT2D eigenvalue weighted by molar-refractivity contribution is -0.154. The van der Waals surface area contributed by atoms with Gasteiger partial charge in [-0.25, -0.2) is 0 Å². The highest BCUT2D eigenvalue weighted by Gasteiger charge is 2.40. The lowest BCUT2D eigenvalue weighted by atomic mass is 9.78. The molecule has 0 spiro atoms. The Morgan fingerprint density at radius 1 is 1.38 bits per heavy atom. The van der Waals surface area contributed by atoms with Gasteiger partial charge >= 0.3 is 5.97 Å². The standard InChI is InChI=1S/C12H23NO3/c1-4-6-7-9(5-2)8-12(3,10(13)14)11(15)16/h9H,4-8H2,1-3H3,(H2,13,14)(H,15,16). The molecule has 0 bridgehead atoms. The van der Waals surface area contributed by atoms with E-state index in [0.29, 0.717) is 6.42 Å². The van der Waals surface area contributed by atoms with Crippen LogP contribution < -0.4 is 5.73 Å². The molecule has 2 unspecified atom stereocenters. The predicted octanol–water partition coefficient (Wildman–Crippen LogP) is 2.17. The van der Waals surface area contributed by atoms with Crippen LogP contribution in [0.5, 0.6) is 0 Å². The number of carbonyl (C=O) groups is 2. The summed E-state index contributed by atoms with van der Waals surface area (Å²) < 4.78 is 0. The molecule has 0 saturated carbocycles. The van der Waals surface area contributed by atoms with E-state index in [2.05, 4.69) is 6.92 Å². The van der Waals surface area contributed by atoms with E-state index in [1.807, 2.05) is 6.92 Å². The average molecular weight is 229 g/mol. The highest BCUT2D eigenvalue weighted by Crippen LogP contribution is 2.30. The monoisotopic (exact) mass is 229 g/mol. The molecule has 16 heavy (non-hydrogen) atoms. The molecule has 0 fully saturated rings. The number of aliphatic carboxylic acids is 1. The van der Waals surface area contributed by atoms with Gasteiger partial charge in [0, 0.05) is 0 Å². The van der Waals surface area contributed by atoms with Gasteiger partial charge in [0.2, 0.25) is 5.91 Å². The van der Waals surface area contributed by atoms with Gasteiger partial charge in [0.05, 0.1) is 0 Å². The molecule has 4 nitrogen and oxygen atoms in total. The van der Waals surface area contributed by atoms with Crippen LogP contribution in [0.2, 0.25) is 0 Å². The molecular formula is C12H23NO3. The van der Waals surface area contributed by atoms with E-state index in [9.17, 15) is 9.59 Å². The minimum atomic E-state index is -1.42. The van der Waals surface area contributed by atoms with Crippen molar-refractivity contribution < 1.29 is 14.7 Å². The fraction of sp³-hybridized carbons (Fsp3) is 0.833. The van der Waals surface area contributed by atoms with Gasteiger partial charge in [-0.1, -0.05) is 39.5 Å². The fourth-order valence-electron chi connectivity index (χ4n) is 1.81. The fourth-order valence-corrected chi connectivity index (χ4v) is 1.81. The quantitative estimate of drug-likeness (QED) is 0.626. The summed E-state index contributed by atoms with van der Waals surface area (Å²) in [5, 5.41) is 9.07. The summed E-state index contributed by atoms with van der Waals surface area (Å²) in [4.78, 5) is 22.3. The van der Waals surface area contributed by atoms with E-state index < -0.39 is 17.3 Å². The second-order valence-electron chi connectivity index (χ2n) is 4.62. The normalized spacial score (nSPS) is 16.4. The Hall–Kier alpha value is -1.06. The zero-order valence-corrected chi connectivity index (χ0v) is 10.5. The van der Waals surface area contributed by atoms with Crippen molar-refractivity contribution in [1.82, 2.24) is 0 Å². The molecule has 0 aliphatic carbocycles. The molecule has 0 aliphatic rings. The highest BCUT2D eigenvalue weighted by atomic mass is 16.4. The summed E-state index contributed by atoms with van der Waals surface area (Å²) in [5.41, 5.74) is 3.76. The van der Waals surface area contributed by atoms with E-state index in [4.69, 9.17) is 10.8 Å². The number of primary amides is 1. The lowest BCUT2D eigenvalue weighted by Crippen LogP contribution is -2.42. The number of amides is 1. The molecule has 0 aromatic heterocycles. The van der Waals surface area contributed by atoms with E-state index in [-0.39, 0.29) is 5.92 Å². The molecule has 0 rings (SSSR count). The van der Waals surface area contributed by atoms with E-state index in [1.54, 1.807) is 0 Å². The summed E-state index contributed by atoms with van der Waals surface area (Å²) in [6.07, 6.45) is 4.33. The third-order valence-corrected chi connectivity index (χ3v) is 3.26. The maximum Gasteiger partial charge on any atom is 0.318 e. The number of hydrogen-bond donors (Lipinski definition) is 2. The van der Waals surface area contributed by atoms with Gasteiger partial charge in [0.15, 0.2) is 0 Å². The van der Waals surface area contributed by atoms with Crippen molar-refractivity contribution in [2.24, 2.45) is 17.1 Å². The minimum Gasteiger partial charge on any atom is -0.480 e. The topological polar surface area (TPSA) is 80.4 Å². The summed E-state index contributed by atoms with van der Waals surface area (Å²) in [6, 6.07) is 0. The zero-order chi connectivity index (χ0) is 12.8. The number of carboxylic acid groups (broad SMARTS) is 1. The lowest BCUT2D eigenvalue weighted by Gasteiger charge is -2.26. The molecule has 0 aromatic rings. The van der Waals surface area contributed by atoms with Crippen molar-refractivity contribution in [2.45, 2.75) is 52.9 Å². The molecule has 2 atom stereocenters. The van der Waals surface area contributed by atoms with Crippen molar-refractivity contribution in [2.75, 3.05) is 0 Å².